The molecule has 1 aliphatic heterocycles. The first-order valence-corrected chi connectivity index (χ1v) is 6.02. The lowest BCUT2D eigenvalue weighted by Gasteiger charge is -2.17. The normalized spacial score (nSPS) is 20.4. The molecule has 1 aromatic rings. The van der Waals surface area contributed by atoms with E-state index >= 15 is 0 Å². The largest absolute Gasteiger partial charge is 0.341 e. The van der Waals surface area contributed by atoms with E-state index < -0.39 is 0 Å². The molecule has 1 atom stereocenters. The number of aryl methyl sites for hydroxylation is 1. The molecule has 88 valence electrons. The van der Waals surface area contributed by atoms with Crippen LogP contribution in [0.1, 0.15) is 31.0 Å². The monoisotopic (exact) mass is 220 g/mol. The van der Waals surface area contributed by atoms with Crippen molar-refractivity contribution < 1.29 is 0 Å². The molecule has 0 aliphatic carbocycles. The Bertz CT molecular complexity index is 364. The minimum atomic E-state index is 0.518. The Morgan fingerprint density at radius 3 is 2.94 bits per heavy atom. The fraction of sp³-hybridized carbons (Fsp3) is 0.667. The number of aromatic nitrogens is 2. The Morgan fingerprint density at radius 2 is 2.38 bits per heavy atom. The third kappa shape index (κ3) is 2.16. The van der Waals surface area contributed by atoms with Crippen LogP contribution in [0.3, 0.4) is 0 Å². The molecule has 2 heterocycles. The van der Waals surface area contributed by atoms with Gasteiger partial charge in [0.1, 0.15) is 0 Å². The first kappa shape index (κ1) is 11.3. The summed E-state index contributed by atoms with van der Waals surface area (Å²) in [7, 11) is 0. The zero-order valence-corrected chi connectivity index (χ0v) is 10.1. The molecule has 0 saturated carbocycles. The van der Waals surface area contributed by atoms with Gasteiger partial charge in [0, 0.05) is 37.1 Å². The van der Waals surface area contributed by atoms with Crippen molar-refractivity contribution in [2.24, 2.45) is 11.7 Å². The van der Waals surface area contributed by atoms with Gasteiger partial charge in [0.15, 0.2) is 0 Å². The Balaban J connectivity index is 2.13. The first-order chi connectivity index (χ1) is 7.74. The fourth-order valence-corrected chi connectivity index (χ4v) is 2.18. The van der Waals surface area contributed by atoms with E-state index in [1.54, 1.807) is 0 Å². The zero-order chi connectivity index (χ0) is 11.5. The van der Waals surface area contributed by atoms with Crippen molar-refractivity contribution in [3.63, 3.8) is 0 Å². The molecule has 0 radical (unpaired) electrons. The molecular formula is C12H20N4. The quantitative estimate of drug-likeness (QED) is 0.838. The summed E-state index contributed by atoms with van der Waals surface area (Å²) in [4.78, 5) is 11.2. The van der Waals surface area contributed by atoms with E-state index in [9.17, 15) is 0 Å². The predicted molar refractivity (Wildman–Crippen MR) is 65.3 cm³/mol. The van der Waals surface area contributed by atoms with Gasteiger partial charge < -0.3 is 10.6 Å². The first-order valence-electron chi connectivity index (χ1n) is 6.02. The van der Waals surface area contributed by atoms with E-state index in [4.69, 9.17) is 5.73 Å². The molecule has 0 amide bonds. The van der Waals surface area contributed by atoms with Crippen molar-refractivity contribution in [1.29, 1.82) is 0 Å². The molecule has 4 nitrogen and oxygen atoms in total. The van der Waals surface area contributed by atoms with E-state index in [0.29, 0.717) is 6.54 Å². The third-order valence-electron chi connectivity index (χ3n) is 3.43. The van der Waals surface area contributed by atoms with Crippen molar-refractivity contribution >= 4 is 5.95 Å². The van der Waals surface area contributed by atoms with Gasteiger partial charge in [-0.25, -0.2) is 9.97 Å². The van der Waals surface area contributed by atoms with Gasteiger partial charge in [-0.05, 0) is 19.3 Å². The van der Waals surface area contributed by atoms with Crippen LogP contribution in [0, 0.1) is 12.8 Å². The van der Waals surface area contributed by atoms with Gasteiger partial charge in [-0.3, -0.25) is 0 Å². The van der Waals surface area contributed by atoms with Gasteiger partial charge in [-0.1, -0.05) is 13.3 Å². The highest BCUT2D eigenvalue weighted by Crippen LogP contribution is 2.23. The van der Waals surface area contributed by atoms with Crippen molar-refractivity contribution in [2.45, 2.75) is 33.2 Å². The summed E-state index contributed by atoms with van der Waals surface area (Å²) in [6.45, 7) is 6.94. The number of nitrogens with zero attached hydrogens (tertiary/aromatic N) is 3. The maximum Gasteiger partial charge on any atom is 0.225 e. The van der Waals surface area contributed by atoms with Crippen molar-refractivity contribution in [3.8, 4) is 0 Å². The number of rotatable bonds is 3. The van der Waals surface area contributed by atoms with Crippen molar-refractivity contribution in [3.05, 3.63) is 17.5 Å². The van der Waals surface area contributed by atoms with Gasteiger partial charge in [-0.2, -0.15) is 0 Å². The molecule has 16 heavy (non-hydrogen) atoms. The maximum atomic E-state index is 5.60. The molecular weight excluding hydrogens is 200 g/mol. The average molecular weight is 220 g/mol. The lowest BCUT2D eigenvalue weighted by molar-refractivity contribution is 0.568. The van der Waals surface area contributed by atoms with E-state index in [0.717, 1.165) is 36.2 Å². The molecule has 1 aliphatic rings. The highest BCUT2D eigenvalue weighted by atomic mass is 15.3. The smallest absolute Gasteiger partial charge is 0.225 e. The Labute approximate surface area is 96.9 Å². The number of hydrogen-bond acceptors (Lipinski definition) is 4. The average Bonchev–Trinajstić information content (AvgIpc) is 2.77. The van der Waals surface area contributed by atoms with Crippen molar-refractivity contribution in [2.75, 3.05) is 18.0 Å². The standard InChI is InChI=1S/C12H20N4/c1-3-10-4-5-16(8-10)12-14-7-11(6-13)9(2)15-12/h7,10H,3-6,8,13H2,1-2H3. The second-order valence-electron chi connectivity index (χ2n) is 4.49. The van der Waals surface area contributed by atoms with Crippen LogP contribution in [0.25, 0.3) is 0 Å². The molecule has 0 spiro atoms. The summed E-state index contributed by atoms with van der Waals surface area (Å²) in [6.07, 6.45) is 4.37. The van der Waals surface area contributed by atoms with Crippen LogP contribution in [0.4, 0.5) is 5.95 Å². The molecule has 1 aromatic heterocycles. The second kappa shape index (κ2) is 4.78. The summed E-state index contributed by atoms with van der Waals surface area (Å²) < 4.78 is 0. The summed E-state index contributed by atoms with van der Waals surface area (Å²) in [5, 5.41) is 0. The molecule has 1 fully saturated rings. The Morgan fingerprint density at radius 1 is 1.56 bits per heavy atom. The summed E-state index contributed by atoms with van der Waals surface area (Å²) in [5.41, 5.74) is 7.65. The predicted octanol–water partition coefficient (Wildman–Crippen LogP) is 1.48. The Kier molecular flexibility index (Phi) is 3.39. The van der Waals surface area contributed by atoms with Crippen LogP contribution < -0.4 is 10.6 Å². The van der Waals surface area contributed by atoms with Gasteiger partial charge in [0.05, 0.1) is 0 Å². The van der Waals surface area contributed by atoms with E-state index in [1.165, 1.54) is 12.8 Å². The minimum Gasteiger partial charge on any atom is -0.341 e. The molecule has 1 unspecified atom stereocenters. The topological polar surface area (TPSA) is 55.0 Å². The van der Waals surface area contributed by atoms with E-state index in [2.05, 4.69) is 21.8 Å². The molecule has 4 heteroatoms. The van der Waals surface area contributed by atoms with Crippen LogP contribution in [0.2, 0.25) is 0 Å². The van der Waals surface area contributed by atoms with Crippen LogP contribution >= 0.6 is 0 Å². The summed E-state index contributed by atoms with van der Waals surface area (Å²) in [5.74, 6) is 1.67. The van der Waals surface area contributed by atoms with E-state index in [1.807, 2.05) is 13.1 Å². The number of nitrogens with two attached hydrogens (primary N) is 1. The van der Waals surface area contributed by atoms with Crippen LogP contribution in [-0.4, -0.2) is 23.1 Å². The molecule has 2 N–H and O–H groups in total. The number of hydrogen-bond donors (Lipinski definition) is 1. The van der Waals surface area contributed by atoms with Crippen LogP contribution in [0.15, 0.2) is 6.20 Å². The zero-order valence-electron chi connectivity index (χ0n) is 10.1. The van der Waals surface area contributed by atoms with Gasteiger partial charge in [0.2, 0.25) is 5.95 Å². The van der Waals surface area contributed by atoms with Crippen LogP contribution in [0.5, 0.6) is 0 Å². The number of anilines is 1. The summed E-state index contributed by atoms with van der Waals surface area (Å²) in [6, 6.07) is 0. The van der Waals surface area contributed by atoms with Crippen molar-refractivity contribution in [1.82, 2.24) is 9.97 Å². The van der Waals surface area contributed by atoms with Gasteiger partial charge >= 0.3 is 0 Å². The van der Waals surface area contributed by atoms with E-state index in [-0.39, 0.29) is 0 Å². The SMILES string of the molecule is CCC1CCN(c2ncc(CN)c(C)n2)C1. The molecule has 0 aromatic carbocycles. The lowest BCUT2D eigenvalue weighted by atomic mass is 10.1. The molecule has 1 saturated heterocycles. The minimum absolute atomic E-state index is 0.518. The molecule has 0 bridgehead atoms. The van der Waals surface area contributed by atoms with Gasteiger partial charge in [-0.15, -0.1) is 0 Å². The maximum absolute atomic E-state index is 5.60. The lowest BCUT2D eigenvalue weighted by Crippen LogP contribution is -2.22. The third-order valence-corrected chi connectivity index (χ3v) is 3.43. The van der Waals surface area contributed by atoms with Crippen LogP contribution in [-0.2, 0) is 6.54 Å². The second-order valence-corrected chi connectivity index (χ2v) is 4.49. The Hall–Kier alpha value is -1.16. The van der Waals surface area contributed by atoms with Gasteiger partial charge in [0.25, 0.3) is 0 Å². The highest BCUT2D eigenvalue weighted by molar-refractivity contribution is 5.34. The fourth-order valence-electron chi connectivity index (χ4n) is 2.18. The highest BCUT2D eigenvalue weighted by Gasteiger charge is 2.23. The molecule has 2 rings (SSSR count). The summed E-state index contributed by atoms with van der Waals surface area (Å²) >= 11 is 0.